The maximum absolute atomic E-state index is 10.7. The van der Waals surface area contributed by atoms with E-state index in [1.165, 1.54) is 12.1 Å². The first-order chi connectivity index (χ1) is 9.10. The Hall–Kier alpha value is -1.40. The summed E-state index contributed by atoms with van der Waals surface area (Å²) in [6.07, 6.45) is 0. The van der Waals surface area contributed by atoms with E-state index in [1.54, 1.807) is 12.1 Å². The highest BCUT2D eigenvalue weighted by molar-refractivity contribution is 9.10. The van der Waals surface area contributed by atoms with E-state index >= 15 is 0 Å². The van der Waals surface area contributed by atoms with Crippen LogP contribution in [0.2, 0.25) is 0 Å². The van der Waals surface area contributed by atoms with Crippen molar-refractivity contribution >= 4 is 37.5 Å². The van der Waals surface area contributed by atoms with Crippen molar-refractivity contribution in [3.63, 3.8) is 0 Å². The number of nitro benzene ring substituents is 1. The fraction of sp³-hybridized carbons (Fsp3) is 0.0769. The van der Waals surface area contributed by atoms with Crippen molar-refractivity contribution in [1.29, 1.82) is 0 Å². The Balaban J connectivity index is 2.30. The van der Waals surface area contributed by atoms with Crippen molar-refractivity contribution in [2.75, 3.05) is 0 Å². The standard InChI is InChI=1S/C13H9Br2NO3/c14-8-9-6-10(15)4-5-13(9)19-12-3-1-2-11(7-12)16(17)18/h1-7H,8H2. The predicted molar refractivity (Wildman–Crippen MR) is 79.9 cm³/mol. The Morgan fingerprint density at radius 1 is 1.21 bits per heavy atom. The van der Waals surface area contributed by atoms with Crippen molar-refractivity contribution in [1.82, 2.24) is 0 Å². The third kappa shape index (κ3) is 3.54. The number of nitrogens with zero attached hydrogens (tertiary/aromatic N) is 1. The van der Waals surface area contributed by atoms with Gasteiger partial charge < -0.3 is 4.74 Å². The Morgan fingerprint density at radius 2 is 2.00 bits per heavy atom. The number of halogens is 2. The second-order valence-electron chi connectivity index (χ2n) is 3.74. The molecule has 0 aromatic heterocycles. The van der Waals surface area contributed by atoms with Crippen molar-refractivity contribution in [2.45, 2.75) is 5.33 Å². The molecule has 2 rings (SSSR count). The largest absolute Gasteiger partial charge is 0.457 e. The zero-order chi connectivity index (χ0) is 13.8. The molecule has 0 aliphatic rings. The van der Waals surface area contributed by atoms with Crippen LogP contribution in [0, 0.1) is 10.1 Å². The van der Waals surface area contributed by atoms with Crippen molar-refractivity contribution in [3.05, 3.63) is 62.6 Å². The molecule has 0 heterocycles. The van der Waals surface area contributed by atoms with Gasteiger partial charge in [0.15, 0.2) is 0 Å². The Morgan fingerprint density at radius 3 is 2.68 bits per heavy atom. The van der Waals surface area contributed by atoms with Gasteiger partial charge in [0.2, 0.25) is 0 Å². The SMILES string of the molecule is O=[N+]([O-])c1cccc(Oc2ccc(Br)cc2CBr)c1. The topological polar surface area (TPSA) is 52.4 Å². The van der Waals surface area contributed by atoms with E-state index in [1.807, 2.05) is 18.2 Å². The fourth-order valence-corrected chi connectivity index (χ4v) is 2.39. The molecule has 0 bridgehead atoms. The van der Waals surface area contributed by atoms with Gasteiger partial charge in [-0.2, -0.15) is 0 Å². The average Bonchev–Trinajstić information content (AvgIpc) is 2.41. The Kier molecular flexibility index (Phi) is 4.55. The van der Waals surface area contributed by atoms with E-state index in [-0.39, 0.29) is 5.69 Å². The van der Waals surface area contributed by atoms with Gasteiger partial charge in [0.05, 0.1) is 11.0 Å². The molecule has 0 aliphatic carbocycles. The summed E-state index contributed by atoms with van der Waals surface area (Å²) >= 11 is 6.77. The maximum Gasteiger partial charge on any atom is 0.273 e. The monoisotopic (exact) mass is 385 g/mol. The number of alkyl halides is 1. The van der Waals surface area contributed by atoms with Gasteiger partial charge in [-0.15, -0.1) is 0 Å². The van der Waals surface area contributed by atoms with Crippen molar-refractivity contribution in [2.24, 2.45) is 0 Å². The van der Waals surface area contributed by atoms with Crippen LogP contribution in [0.25, 0.3) is 0 Å². The van der Waals surface area contributed by atoms with E-state index in [9.17, 15) is 10.1 Å². The molecule has 0 saturated heterocycles. The quantitative estimate of drug-likeness (QED) is 0.420. The molecular formula is C13H9Br2NO3. The number of ether oxygens (including phenoxy) is 1. The number of non-ortho nitro benzene ring substituents is 1. The van der Waals surface area contributed by atoms with E-state index in [0.717, 1.165) is 10.0 Å². The third-order valence-electron chi connectivity index (χ3n) is 2.42. The molecule has 19 heavy (non-hydrogen) atoms. The summed E-state index contributed by atoms with van der Waals surface area (Å²) in [5.74, 6) is 1.11. The first-order valence-electron chi connectivity index (χ1n) is 5.37. The van der Waals surface area contributed by atoms with Gasteiger partial charge >= 0.3 is 0 Å². The maximum atomic E-state index is 10.7. The Bertz CT molecular complexity index is 617. The minimum atomic E-state index is -0.445. The van der Waals surface area contributed by atoms with Gasteiger partial charge in [-0.3, -0.25) is 10.1 Å². The third-order valence-corrected chi connectivity index (χ3v) is 3.52. The summed E-state index contributed by atoms with van der Waals surface area (Å²) in [6, 6.07) is 11.7. The van der Waals surface area contributed by atoms with E-state index in [4.69, 9.17) is 4.74 Å². The molecule has 0 fully saturated rings. The van der Waals surface area contributed by atoms with Gasteiger partial charge in [0.1, 0.15) is 11.5 Å². The molecule has 0 spiro atoms. The molecule has 0 unspecified atom stereocenters. The zero-order valence-electron chi connectivity index (χ0n) is 9.68. The molecule has 4 nitrogen and oxygen atoms in total. The lowest BCUT2D eigenvalue weighted by molar-refractivity contribution is -0.384. The van der Waals surface area contributed by atoms with Crippen LogP contribution in [0.4, 0.5) is 5.69 Å². The summed E-state index contributed by atoms with van der Waals surface area (Å²) in [4.78, 5) is 10.3. The van der Waals surface area contributed by atoms with Crippen molar-refractivity contribution < 1.29 is 9.66 Å². The van der Waals surface area contributed by atoms with Crippen LogP contribution in [0.5, 0.6) is 11.5 Å². The molecular weight excluding hydrogens is 378 g/mol. The zero-order valence-corrected chi connectivity index (χ0v) is 12.8. The van der Waals surface area contributed by atoms with Gasteiger partial charge in [-0.1, -0.05) is 37.9 Å². The van der Waals surface area contributed by atoms with Gasteiger partial charge in [0.25, 0.3) is 5.69 Å². The highest BCUT2D eigenvalue weighted by Gasteiger charge is 2.09. The first kappa shape index (κ1) is 14.0. The van der Waals surface area contributed by atoms with Crippen LogP contribution in [0.1, 0.15) is 5.56 Å². The summed E-state index contributed by atoms with van der Waals surface area (Å²) in [6.45, 7) is 0. The highest BCUT2D eigenvalue weighted by Crippen LogP contribution is 2.30. The first-order valence-corrected chi connectivity index (χ1v) is 7.28. The average molecular weight is 387 g/mol. The molecule has 0 saturated carbocycles. The van der Waals surface area contributed by atoms with Gasteiger partial charge in [-0.25, -0.2) is 0 Å². The molecule has 0 atom stereocenters. The summed E-state index contributed by atoms with van der Waals surface area (Å²) < 4.78 is 6.64. The molecule has 0 radical (unpaired) electrons. The summed E-state index contributed by atoms with van der Waals surface area (Å²) in [5, 5.41) is 11.3. The molecule has 0 amide bonds. The van der Waals surface area contributed by atoms with E-state index in [0.29, 0.717) is 16.8 Å². The second kappa shape index (κ2) is 6.16. The van der Waals surface area contributed by atoms with Crippen LogP contribution in [-0.2, 0) is 5.33 Å². The van der Waals surface area contributed by atoms with Crippen LogP contribution in [-0.4, -0.2) is 4.92 Å². The van der Waals surface area contributed by atoms with Gasteiger partial charge in [0, 0.05) is 21.4 Å². The molecule has 0 aliphatic heterocycles. The van der Waals surface area contributed by atoms with Crippen LogP contribution >= 0.6 is 31.9 Å². The van der Waals surface area contributed by atoms with Crippen LogP contribution in [0.3, 0.4) is 0 Å². The molecule has 0 N–H and O–H groups in total. The number of nitro groups is 1. The lowest BCUT2D eigenvalue weighted by atomic mass is 10.2. The number of benzene rings is 2. The van der Waals surface area contributed by atoms with Gasteiger partial charge in [-0.05, 0) is 24.3 Å². The Labute approximate surface area is 126 Å². The van der Waals surface area contributed by atoms with Crippen LogP contribution < -0.4 is 4.74 Å². The summed E-state index contributed by atoms with van der Waals surface area (Å²) in [7, 11) is 0. The van der Waals surface area contributed by atoms with Crippen LogP contribution in [0.15, 0.2) is 46.9 Å². The fourth-order valence-electron chi connectivity index (χ4n) is 1.54. The van der Waals surface area contributed by atoms with Crippen molar-refractivity contribution in [3.8, 4) is 11.5 Å². The normalized spacial score (nSPS) is 10.2. The minimum Gasteiger partial charge on any atom is -0.457 e. The smallest absolute Gasteiger partial charge is 0.273 e. The van der Waals surface area contributed by atoms with E-state index < -0.39 is 4.92 Å². The lowest BCUT2D eigenvalue weighted by Gasteiger charge is -2.09. The minimum absolute atomic E-state index is 0.00926. The summed E-state index contributed by atoms with van der Waals surface area (Å²) in [5.41, 5.74) is 0.968. The molecule has 2 aromatic rings. The highest BCUT2D eigenvalue weighted by atomic mass is 79.9. The molecule has 6 heteroatoms. The number of hydrogen-bond donors (Lipinski definition) is 0. The second-order valence-corrected chi connectivity index (χ2v) is 5.22. The number of hydrogen-bond acceptors (Lipinski definition) is 3. The predicted octanol–water partition coefficient (Wildman–Crippen LogP) is 5.04. The lowest BCUT2D eigenvalue weighted by Crippen LogP contribution is -1.92. The van der Waals surface area contributed by atoms with E-state index in [2.05, 4.69) is 31.9 Å². The number of rotatable bonds is 4. The molecule has 2 aromatic carbocycles. The molecule has 98 valence electrons.